The average molecular weight is 588 g/mol. The van der Waals surface area contributed by atoms with Crippen LogP contribution in [0.5, 0.6) is 0 Å². The molecule has 3 unspecified atom stereocenters. The molecule has 206 valence electrons. The molecule has 2 aliphatic heterocycles. The zero-order valence-corrected chi connectivity index (χ0v) is 21.3. The van der Waals surface area contributed by atoms with Crippen LogP contribution < -0.4 is 16.6 Å². The van der Waals surface area contributed by atoms with Gasteiger partial charge in [0.25, 0.3) is 0 Å². The van der Waals surface area contributed by atoms with E-state index >= 15 is 0 Å². The van der Waals surface area contributed by atoms with Crippen LogP contribution in [-0.2, 0) is 31.6 Å². The fourth-order valence-corrected chi connectivity index (χ4v) is 6.94. The van der Waals surface area contributed by atoms with Gasteiger partial charge in [-0.25, -0.2) is 29.1 Å². The molecule has 2 aliphatic rings. The van der Waals surface area contributed by atoms with Crippen LogP contribution in [0, 0.1) is 0 Å². The van der Waals surface area contributed by atoms with Gasteiger partial charge in [-0.3, -0.25) is 4.52 Å². The number of anilines is 1. The molecule has 2 aromatic heterocycles. The lowest BCUT2D eigenvalue weighted by Gasteiger charge is -2.27. The molecule has 4 heterocycles. The highest BCUT2D eigenvalue weighted by Crippen LogP contribution is 2.66. The van der Waals surface area contributed by atoms with Gasteiger partial charge in [-0.15, -0.1) is 0 Å². The van der Waals surface area contributed by atoms with Crippen LogP contribution in [0.4, 0.5) is 5.82 Å². The SMILES string of the molecule is C[C@@]1(O)[C@H](O)[C@@H](COP(=O)(O)OP(=O)(O)OP(=O)(O)O)O[C@H]1n1cc(C2C=CNN2)c2c(N)ncnc21. The Morgan fingerprint density at radius 3 is 2.51 bits per heavy atom. The van der Waals surface area contributed by atoms with E-state index in [9.17, 15) is 33.7 Å². The first-order chi connectivity index (χ1) is 17.0. The lowest BCUT2D eigenvalue weighted by atomic mass is 9.96. The van der Waals surface area contributed by atoms with Crippen LogP contribution in [0.1, 0.15) is 24.8 Å². The fraction of sp³-hybridized carbons (Fsp3) is 0.467. The molecule has 0 aromatic carbocycles. The molecule has 0 amide bonds. The number of ether oxygens (including phenoxy) is 1. The Bertz CT molecular complexity index is 1360. The van der Waals surface area contributed by atoms with E-state index in [1.807, 2.05) is 0 Å². The number of nitrogens with two attached hydrogens (primary N) is 1. The summed E-state index contributed by atoms with van der Waals surface area (Å²) in [6, 6.07) is -0.366. The van der Waals surface area contributed by atoms with Crippen molar-refractivity contribution in [2.24, 2.45) is 0 Å². The number of hydrogen-bond donors (Lipinski definition) is 9. The summed E-state index contributed by atoms with van der Waals surface area (Å²) >= 11 is 0. The molecule has 0 bridgehead atoms. The molecule has 1 fully saturated rings. The quantitative estimate of drug-likeness (QED) is 0.159. The summed E-state index contributed by atoms with van der Waals surface area (Å²) in [6.45, 7) is 0.246. The standard InChI is InChI=1S/C15H23N6O13P3/c1-15(23)11(22)9(5-31-36(27,28)34-37(29,30)33-35(24,25)26)32-14(15)21-4-7(8-2-3-19-20-8)10-12(16)17-6-18-13(10)21/h2-4,6,8-9,11,14,19-20,22-23H,5H2,1H3,(H,27,28)(H,29,30)(H2,16,17,18)(H2,24,25,26)/t8?,9-,11-,14-,15-/m1/s1. The lowest BCUT2D eigenvalue weighted by Crippen LogP contribution is -2.44. The van der Waals surface area contributed by atoms with Crippen molar-refractivity contribution in [3.05, 3.63) is 30.4 Å². The molecule has 10 N–H and O–H groups in total. The topological polar surface area (TPSA) is 290 Å². The second-order valence-electron chi connectivity index (χ2n) is 8.16. The molecular formula is C15H23N6O13P3. The minimum atomic E-state index is -5.74. The van der Waals surface area contributed by atoms with Crippen molar-refractivity contribution in [2.75, 3.05) is 12.3 Å². The molecule has 37 heavy (non-hydrogen) atoms. The fourth-order valence-electron chi connectivity index (χ4n) is 3.91. The van der Waals surface area contributed by atoms with Crippen LogP contribution >= 0.6 is 23.5 Å². The van der Waals surface area contributed by atoms with E-state index in [0.29, 0.717) is 10.9 Å². The number of aliphatic hydroxyl groups excluding tert-OH is 1. The number of phosphoric ester groups is 1. The van der Waals surface area contributed by atoms with E-state index in [4.69, 9.17) is 20.3 Å². The molecule has 0 radical (unpaired) electrons. The molecule has 0 spiro atoms. The normalized spacial score (nSPS) is 31.3. The third-order valence-electron chi connectivity index (χ3n) is 5.44. The first kappa shape index (κ1) is 28.2. The number of rotatable bonds is 9. The van der Waals surface area contributed by atoms with Crippen molar-refractivity contribution in [1.29, 1.82) is 0 Å². The Morgan fingerprint density at radius 2 is 1.89 bits per heavy atom. The van der Waals surface area contributed by atoms with Crippen LogP contribution in [-0.4, -0.2) is 68.7 Å². The van der Waals surface area contributed by atoms with Crippen LogP contribution in [0.15, 0.2) is 24.8 Å². The van der Waals surface area contributed by atoms with Crippen molar-refractivity contribution in [2.45, 2.75) is 37.0 Å². The first-order valence-corrected chi connectivity index (χ1v) is 14.7. The highest BCUT2D eigenvalue weighted by atomic mass is 31.3. The van der Waals surface area contributed by atoms with E-state index in [2.05, 4.69) is 34.0 Å². The van der Waals surface area contributed by atoms with Gasteiger partial charge in [-0.1, -0.05) is 0 Å². The summed E-state index contributed by atoms with van der Waals surface area (Å²) in [5, 5.41) is 22.2. The smallest absolute Gasteiger partial charge is 0.387 e. The average Bonchev–Trinajstić information content (AvgIpc) is 3.43. The number of nitrogens with zero attached hydrogens (tertiary/aromatic N) is 3. The Labute approximate surface area is 207 Å². The summed E-state index contributed by atoms with van der Waals surface area (Å²) in [5.74, 6) is 0.128. The van der Waals surface area contributed by atoms with Gasteiger partial charge < -0.3 is 50.3 Å². The first-order valence-electron chi connectivity index (χ1n) is 10.1. The largest absolute Gasteiger partial charge is 0.490 e. The number of aromatic nitrogens is 3. The van der Waals surface area contributed by atoms with E-state index in [1.54, 1.807) is 18.5 Å². The minimum Gasteiger partial charge on any atom is -0.387 e. The zero-order chi connectivity index (χ0) is 27.4. The maximum absolute atomic E-state index is 12.0. The van der Waals surface area contributed by atoms with Gasteiger partial charge in [-0.2, -0.15) is 8.62 Å². The van der Waals surface area contributed by atoms with Gasteiger partial charge in [0.1, 0.15) is 35.6 Å². The number of fused-ring (bicyclic) bond motifs is 1. The Kier molecular flexibility index (Phi) is 7.44. The molecule has 19 nitrogen and oxygen atoms in total. The van der Waals surface area contributed by atoms with Crippen molar-refractivity contribution < 1.29 is 61.4 Å². The van der Waals surface area contributed by atoms with Crippen LogP contribution in [0.25, 0.3) is 11.0 Å². The molecule has 22 heteroatoms. The highest BCUT2D eigenvalue weighted by molar-refractivity contribution is 7.66. The lowest BCUT2D eigenvalue weighted by molar-refractivity contribution is -0.0947. The van der Waals surface area contributed by atoms with Gasteiger partial charge in [0.2, 0.25) is 0 Å². The summed E-state index contributed by atoms with van der Waals surface area (Å²) in [4.78, 5) is 44.3. The van der Waals surface area contributed by atoms with Gasteiger partial charge in [0.05, 0.1) is 18.0 Å². The maximum atomic E-state index is 12.0. The minimum absolute atomic E-state index is 0.128. The Hall–Kier alpha value is -1.79. The summed E-state index contributed by atoms with van der Waals surface area (Å²) in [7, 11) is -16.8. The molecule has 4 rings (SSSR count). The predicted molar refractivity (Wildman–Crippen MR) is 120 cm³/mol. The van der Waals surface area contributed by atoms with Gasteiger partial charge in [0.15, 0.2) is 6.23 Å². The summed E-state index contributed by atoms with van der Waals surface area (Å²) in [5.41, 5.74) is 10.6. The molecule has 0 aliphatic carbocycles. The van der Waals surface area contributed by atoms with E-state index in [1.165, 1.54) is 17.8 Å². The van der Waals surface area contributed by atoms with Gasteiger partial charge >= 0.3 is 23.5 Å². The third-order valence-corrected chi connectivity index (χ3v) is 9.24. The maximum Gasteiger partial charge on any atom is 0.490 e. The number of nitrogen functional groups attached to an aromatic ring is 1. The van der Waals surface area contributed by atoms with Crippen molar-refractivity contribution in [1.82, 2.24) is 25.4 Å². The molecule has 7 atom stereocenters. The van der Waals surface area contributed by atoms with Crippen LogP contribution in [0.3, 0.4) is 0 Å². The number of hydrazine groups is 1. The monoisotopic (exact) mass is 588 g/mol. The van der Waals surface area contributed by atoms with E-state index < -0.39 is 54.1 Å². The molecule has 0 saturated carbocycles. The van der Waals surface area contributed by atoms with E-state index in [-0.39, 0.29) is 17.5 Å². The summed E-state index contributed by atoms with van der Waals surface area (Å²) < 4.78 is 53.2. The Balaban J connectivity index is 1.57. The molecule has 1 saturated heterocycles. The highest BCUT2D eigenvalue weighted by Gasteiger charge is 2.54. The van der Waals surface area contributed by atoms with Gasteiger partial charge in [0, 0.05) is 18.0 Å². The molecular weight excluding hydrogens is 565 g/mol. The van der Waals surface area contributed by atoms with E-state index in [0.717, 1.165) is 0 Å². The zero-order valence-electron chi connectivity index (χ0n) is 18.6. The second-order valence-corrected chi connectivity index (χ2v) is 12.6. The Morgan fingerprint density at radius 1 is 1.19 bits per heavy atom. The predicted octanol–water partition coefficient (Wildman–Crippen LogP) is -0.971. The van der Waals surface area contributed by atoms with Gasteiger partial charge in [-0.05, 0) is 13.0 Å². The number of aliphatic hydroxyl groups is 2. The second kappa shape index (κ2) is 9.75. The molecule has 2 aromatic rings. The van der Waals surface area contributed by atoms with Crippen LogP contribution in [0.2, 0.25) is 0 Å². The van der Waals surface area contributed by atoms with Crippen molar-refractivity contribution in [3.8, 4) is 0 Å². The van der Waals surface area contributed by atoms with Crippen molar-refractivity contribution >= 4 is 40.3 Å². The third kappa shape index (κ3) is 5.95. The number of hydrogen-bond acceptors (Lipinski definition) is 14. The summed E-state index contributed by atoms with van der Waals surface area (Å²) in [6.07, 6.45) is 1.58. The van der Waals surface area contributed by atoms with Crippen molar-refractivity contribution in [3.63, 3.8) is 0 Å². The number of phosphoric acid groups is 3. The number of nitrogens with one attached hydrogen (secondary N) is 2.